The highest BCUT2D eigenvalue weighted by atomic mass is 16.5. The molecule has 0 atom stereocenters. The summed E-state index contributed by atoms with van der Waals surface area (Å²) in [4.78, 5) is 4.52. The molecule has 5 heterocycles. The summed E-state index contributed by atoms with van der Waals surface area (Å²) in [6, 6.07) is 36.5. The summed E-state index contributed by atoms with van der Waals surface area (Å²) in [5.41, 5.74) is 10.0. The maximum atomic E-state index is 6.30. The molecule has 0 fully saturated rings. The first-order chi connectivity index (χ1) is 20.8. The molecule has 10 aromatic rings. The van der Waals surface area contributed by atoms with Crippen molar-refractivity contribution >= 4 is 71.3 Å². The summed E-state index contributed by atoms with van der Waals surface area (Å²) in [6.45, 7) is 0. The summed E-state index contributed by atoms with van der Waals surface area (Å²) in [6.07, 6.45) is 5.52. The number of nitrogens with zero attached hydrogens (tertiary/aromatic N) is 4. The molecule has 6 heteroatoms. The van der Waals surface area contributed by atoms with Crippen molar-refractivity contribution in [3.05, 3.63) is 122 Å². The number of furan rings is 1. The zero-order valence-corrected chi connectivity index (χ0v) is 22.2. The van der Waals surface area contributed by atoms with Crippen LogP contribution in [-0.4, -0.2) is 19.1 Å². The van der Waals surface area contributed by atoms with Crippen LogP contribution >= 0.6 is 0 Å². The largest absolute Gasteiger partial charge is 0.456 e. The van der Waals surface area contributed by atoms with Crippen molar-refractivity contribution in [3.8, 4) is 16.8 Å². The second-order valence-corrected chi connectivity index (χ2v) is 10.8. The molecular formula is C36H20N4O2. The maximum Gasteiger partial charge on any atom is 0.179 e. The summed E-state index contributed by atoms with van der Waals surface area (Å²) in [5, 5.41) is 10.6. The van der Waals surface area contributed by atoms with E-state index in [9.17, 15) is 0 Å². The van der Waals surface area contributed by atoms with Crippen LogP contribution in [0.25, 0.3) is 88.1 Å². The lowest BCUT2D eigenvalue weighted by atomic mass is 10.0. The second-order valence-electron chi connectivity index (χ2n) is 10.8. The van der Waals surface area contributed by atoms with Crippen molar-refractivity contribution < 1.29 is 8.94 Å². The van der Waals surface area contributed by atoms with Crippen molar-refractivity contribution in [2.45, 2.75) is 0 Å². The average molecular weight is 541 g/mol. The van der Waals surface area contributed by atoms with Crippen LogP contribution in [0.1, 0.15) is 0 Å². The monoisotopic (exact) mass is 540 g/mol. The van der Waals surface area contributed by atoms with E-state index in [4.69, 9.17) is 8.94 Å². The first-order valence-corrected chi connectivity index (χ1v) is 13.9. The van der Waals surface area contributed by atoms with Crippen LogP contribution in [0.5, 0.6) is 0 Å². The average Bonchev–Trinajstić information content (AvgIpc) is 3.84. The van der Waals surface area contributed by atoms with Crippen LogP contribution in [0.15, 0.2) is 131 Å². The molecule has 6 nitrogen and oxygen atoms in total. The third-order valence-electron chi connectivity index (χ3n) is 8.58. The molecule has 0 spiro atoms. The lowest BCUT2D eigenvalue weighted by molar-refractivity contribution is 0.458. The number of pyridine rings is 1. The molecule has 0 aliphatic carbocycles. The highest BCUT2D eigenvalue weighted by Gasteiger charge is 2.16. The van der Waals surface area contributed by atoms with Gasteiger partial charge in [-0.25, -0.2) is 4.98 Å². The molecule has 0 aliphatic rings. The fourth-order valence-corrected chi connectivity index (χ4v) is 6.68. The first kappa shape index (κ1) is 21.9. The Kier molecular flexibility index (Phi) is 4.10. The molecule has 0 amide bonds. The van der Waals surface area contributed by atoms with E-state index in [2.05, 4.69) is 122 Å². The molecule has 42 heavy (non-hydrogen) atoms. The van der Waals surface area contributed by atoms with Gasteiger partial charge in [-0.1, -0.05) is 53.7 Å². The van der Waals surface area contributed by atoms with Crippen LogP contribution < -0.4 is 0 Å². The lowest BCUT2D eigenvalue weighted by Gasteiger charge is -2.08. The van der Waals surface area contributed by atoms with Gasteiger partial charge >= 0.3 is 0 Å². The molecule has 5 aromatic carbocycles. The number of rotatable bonds is 2. The van der Waals surface area contributed by atoms with Crippen LogP contribution in [0.4, 0.5) is 0 Å². The Hall–Kier alpha value is -5.88. The number of hydrogen-bond donors (Lipinski definition) is 0. The number of benzene rings is 5. The molecule has 196 valence electrons. The first-order valence-electron chi connectivity index (χ1n) is 13.9. The minimum atomic E-state index is 0.746. The molecule has 5 aromatic heterocycles. The third kappa shape index (κ3) is 2.82. The van der Waals surface area contributed by atoms with Gasteiger partial charge in [-0.2, -0.15) is 0 Å². The summed E-state index contributed by atoms with van der Waals surface area (Å²) in [7, 11) is 0. The molecule has 0 N–H and O–H groups in total. The van der Waals surface area contributed by atoms with Gasteiger partial charge in [0.05, 0.1) is 28.1 Å². The third-order valence-corrected chi connectivity index (χ3v) is 8.58. The molecule has 0 saturated carbocycles. The predicted octanol–water partition coefficient (Wildman–Crippen LogP) is 9.29. The molecule has 0 aliphatic heterocycles. The second kappa shape index (κ2) is 7.86. The Morgan fingerprint density at radius 3 is 2.07 bits per heavy atom. The van der Waals surface area contributed by atoms with Gasteiger partial charge in [0, 0.05) is 45.0 Å². The Bertz CT molecular complexity index is 2650. The van der Waals surface area contributed by atoms with Gasteiger partial charge in [-0.3, -0.25) is 4.40 Å². The van der Waals surface area contributed by atoms with Crippen molar-refractivity contribution in [1.82, 2.24) is 19.1 Å². The van der Waals surface area contributed by atoms with E-state index in [-0.39, 0.29) is 0 Å². The van der Waals surface area contributed by atoms with E-state index in [1.807, 2.05) is 6.20 Å². The summed E-state index contributed by atoms with van der Waals surface area (Å²) in [5.74, 6) is 0. The topological polar surface area (TPSA) is 61.4 Å². The van der Waals surface area contributed by atoms with Crippen molar-refractivity contribution in [2.24, 2.45) is 0 Å². The fourth-order valence-electron chi connectivity index (χ4n) is 6.68. The molecule has 0 bridgehead atoms. The summed E-state index contributed by atoms with van der Waals surface area (Å²) >= 11 is 0. The van der Waals surface area contributed by atoms with Crippen LogP contribution in [0, 0.1) is 0 Å². The zero-order valence-electron chi connectivity index (χ0n) is 22.2. The lowest BCUT2D eigenvalue weighted by Crippen LogP contribution is -1.93. The standard InChI is InChI=1S/C36H20N4O2/c1-3-7-31-24(5-1)25-6-2-4-8-32(25)40(31)23-11-14-34-27(19-23)26-17-22(10-13-33(26)41-34)21-9-12-30-28(18-21)35-29(20-38-42-35)36-37-15-16-39(30)36/h1-20H. The van der Waals surface area contributed by atoms with E-state index in [1.54, 1.807) is 12.4 Å². The van der Waals surface area contributed by atoms with Crippen LogP contribution in [0.3, 0.4) is 0 Å². The molecule has 0 unspecified atom stereocenters. The Balaban J connectivity index is 1.19. The van der Waals surface area contributed by atoms with Gasteiger partial charge in [-0.15, -0.1) is 0 Å². The Morgan fingerprint density at radius 1 is 0.571 bits per heavy atom. The van der Waals surface area contributed by atoms with E-state index in [0.29, 0.717) is 0 Å². The van der Waals surface area contributed by atoms with E-state index in [0.717, 1.165) is 66.3 Å². The van der Waals surface area contributed by atoms with Crippen LogP contribution in [0.2, 0.25) is 0 Å². The summed E-state index contributed by atoms with van der Waals surface area (Å²) < 4.78 is 16.4. The normalized spacial score (nSPS) is 12.3. The van der Waals surface area contributed by atoms with E-state index in [1.165, 1.54) is 21.8 Å². The van der Waals surface area contributed by atoms with Crippen molar-refractivity contribution in [3.63, 3.8) is 0 Å². The number of imidazole rings is 1. The van der Waals surface area contributed by atoms with Gasteiger partial charge in [0.15, 0.2) is 5.58 Å². The van der Waals surface area contributed by atoms with Gasteiger partial charge in [0.1, 0.15) is 16.8 Å². The number of para-hydroxylation sites is 2. The molecular weight excluding hydrogens is 520 g/mol. The SMILES string of the molecule is c1ccc2c(c1)c1ccccc1n2-c1ccc2oc3ccc(-c4ccc5c(c4)c4oncc4c4nccn54)cc3c2c1. The number of fused-ring (bicyclic) bond motifs is 12. The Labute approximate surface area is 237 Å². The zero-order chi connectivity index (χ0) is 27.4. The minimum Gasteiger partial charge on any atom is -0.456 e. The molecule has 0 radical (unpaired) electrons. The van der Waals surface area contributed by atoms with Crippen molar-refractivity contribution in [1.29, 1.82) is 0 Å². The quantitative estimate of drug-likeness (QED) is 0.219. The molecule has 10 rings (SSSR count). The number of hydrogen-bond acceptors (Lipinski definition) is 4. The highest BCUT2D eigenvalue weighted by molar-refractivity contribution is 6.12. The predicted molar refractivity (Wildman–Crippen MR) is 167 cm³/mol. The highest BCUT2D eigenvalue weighted by Crippen LogP contribution is 2.38. The maximum absolute atomic E-state index is 6.30. The van der Waals surface area contributed by atoms with Gasteiger partial charge in [0.2, 0.25) is 0 Å². The van der Waals surface area contributed by atoms with Crippen LogP contribution in [-0.2, 0) is 0 Å². The van der Waals surface area contributed by atoms with Gasteiger partial charge in [-0.05, 0) is 65.7 Å². The Morgan fingerprint density at radius 2 is 1.26 bits per heavy atom. The van der Waals surface area contributed by atoms with Crippen molar-refractivity contribution in [2.75, 3.05) is 0 Å². The van der Waals surface area contributed by atoms with E-state index < -0.39 is 0 Å². The molecule has 0 saturated heterocycles. The van der Waals surface area contributed by atoms with Gasteiger partial charge in [0.25, 0.3) is 0 Å². The van der Waals surface area contributed by atoms with Gasteiger partial charge < -0.3 is 13.5 Å². The minimum absolute atomic E-state index is 0.746. The van der Waals surface area contributed by atoms with E-state index >= 15 is 0 Å². The number of aromatic nitrogens is 4. The smallest absolute Gasteiger partial charge is 0.179 e. The fraction of sp³-hybridized carbons (Fsp3) is 0.